The number of nitrogens with zero attached hydrogens (tertiary/aromatic N) is 3. The third-order valence-electron chi connectivity index (χ3n) is 3.59. The minimum absolute atomic E-state index is 0.150. The highest BCUT2D eigenvalue weighted by molar-refractivity contribution is 5.26. The van der Waals surface area contributed by atoms with Crippen molar-refractivity contribution in [1.29, 1.82) is 0 Å². The predicted octanol–water partition coefficient (Wildman–Crippen LogP) is 2.57. The van der Waals surface area contributed by atoms with Crippen LogP contribution in [0.25, 0.3) is 0 Å². The monoisotopic (exact) mass is 278 g/mol. The van der Waals surface area contributed by atoms with Crippen molar-refractivity contribution >= 4 is 0 Å². The number of pyridine rings is 1. The molecule has 0 amide bonds. The summed E-state index contributed by atoms with van der Waals surface area (Å²) in [6, 6.07) is 14.0. The second-order valence-corrected chi connectivity index (χ2v) is 5.01. The van der Waals surface area contributed by atoms with E-state index >= 15 is 0 Å². The minimum Gasteiger partial charge on any atom is -0.333 e. The number of aryl methyl sites for hydroxylation is 2. The summed E-state index contributed by atoms with van der Waals surface area (Å²) >= 11 is 0. The maximum absolute atomic E-state index is 6.36. The van der Waals surface area contributed by atoms with Gasteiger partial charge in [-0.05, 0) is 23.6 Å². The first kappa shape index (κ1) is 13.5. The van der Waals surface area contributed by atoms with Gasteiger partial charge in [-0.25, -0.2) is 4.98 Å². The number of rotatable bonds is 5. The summed E-state index contributed by atoms with van der Waals surface area (Å²) < 4.78 is 2.12. The zero-order chi connectivity index (χ0) is 14.5. The highest BCUT2D eigenvalue weighted by Gasteiger charge is 2.13. The summed E-state index contributed by atoms with van der Waals surface area (Å²) in [4.78, 5) is 8.39. The van der Waals surface area contributed by atoms with E-state index in [1.807, 2.05) is 55.1 Å². The van der Waals surface area contributed by atoms with E-state index in [4.69, 9.17) is 5.73 Å². The van der Waals surface area contributed by atoms with Crippen molar-refractivity contribution in [2.75, 3.05) is 0 Å². The second-order valence-electron chi connectivity index (χ2n) is 5.01. The van der Waals surface area contributed by atoms with E-state index < -0.39 is 0 Å². The molecule has 4 heteroatoms. The molecular weight excluding hydrogens is 260 g/mol. The van der Waals surface area contributed by atoms with Crippen LogP contribution in [0.3, 0.4) is 0 Å². The van der Waals surface area contributed by atoms with Crippen molar-refractivity contribution in [1.82, 2.24) is 14.5 Å². The molecule has 106 valence electrons. The van der Waals surface area contributed by atoms with Crippen LogP contribution in [-0.4, -0.2) is 14.5 Å². The lowest BCUT2D eigenvalue weighted by atomic mass is 10.1. The Bertz CT molecular complexity index is 676. The molecule has 1 unspecified atom stereocenters. The Morgan fingerprint density at radius 3 is 2.62 bits per heavy atom. The van der Waals surface area contributed by atoms with Crippen molar-refractivity contribution in [3.05, 3.63) is 84.2 Å². The van der Waals surface area contributed by atoms with Gasteiger partial charge in [0.25, 0.3) is 0 Å². The molecule has 3 aromatic rings. The summed E-state index contributed by atoms with van der Waals surface area (Å²) in [7, 11) is 0. The van der Waals surface area contributed by atoms with Gasteiger partial charge in [-0.1, -0.05) is 36.4 Å². The van der Waals surface area contributed by atoms with Crippen LogP contribution in [0.1, 0.15) is 22.9 Å². The molecule has 21 heavy (non-hydrogen) atoms. The normalized spacial score (nSPS) is 12.2. The van der Waals surface area contributed by atoms with Gasteiger partial charge >= 0.3 is 0 Å². The van der Waals surface area contributed by atoms with Crippen LogP contribution in [-0.2, 0) is 13.0 Å². The highest BCUT2D eigenvalue weighted by Crippen LogP contribution is 2.19. The molecule has 1 atom stereocenters. The van der Waals surface area contributed by atoms with Gasteiger partial charge in [-0.2, -0.15) is 0 Å². The van der Waals surface area contributed by atoms with Crippen LogP contribution in [0.5, 0.6) is 0 Å². The Balaban J connectivity index is 1.75. The molecule has 2 aromatic heterocycles. The Kier molecular flexibility index (Phi) is 4.07. The summed E-state index contributed by atoms with van der Waals surface area (Å²) in [6.45, 7) is 0.849. The lowest BCUT2D eigenvalue weighted by Crippen LogP contribution is -2.17. The van der Waals surface area contributed by atoms with Crippen molar-refractivity contribution in [2.24, 2.45) is 5.73 Å². The average molecular weight is 278 g/mol. The third-order valence-corrected chi connectivity index (χ3v) is 3.59. The maximum Gasteiger partial charge on any atom is 0.0948 e. The highest BCUT2D eigenvalue weighted by atomic mass is 15.1. The van der Waals surface area contributed by atoms with Crippen LogP contribution in [0.4, 0.5) is 0 Å². The SMILES string of the molecule is NC(c1ccccc1)c1cncn1CCc1cccnc1. The van der Waals surface area contributed by atoms with Gasteiger partial charge < -0.3 is 10.3 Å². The largest absolute Gasteiger partial charge is 0.333 e. The molecule has 0 saturated heterocycles. The van der Waals surface area contributed by atoms with E-state index in [9.17, 15) is 0 Å². The fourth-order valence-electron chi connectivity index (χ4n) is 2.40. The first-order valence-electron chi connectivity index (χ1n) is 7.04. The molecule has 0 aliphatic heterocycles. The molecular formula is C17H18N4. The maximum atomic E-state index is 6.36. The molecule has 0 radical (unpaired) electrons. The summed E-state index contributed by atoms with van der Waals surface area (Å²) in [5.74, 6) is 0. The number of hydrogen-bond acceptors (Lipinski definition) is 3. The van der Waals surface area contributed by atoms with E-state index in [1.165, 1.54) is 5.56 Å². The molecule has 0 bridgehead atoms. The summed E-state index contributed by atoms with van der Waals surface area (Å²) in [5.41, 5.74) is 9.70. The fraction of sp³-hybridized carbons (Fsp3) is 0.176. The van der Waals surface area contributed by atoms with Gasteiger partial charge in [0.05, 0.1) is 24.3 Å². The Morgan fingerprint density at radius 2 is 1.86 bits per heavy atom. The Morgan fingerprint density at radius 1 is 1.00 bits per heavy atom. The first-order chi connectivity index (χ1) is 10.3. The number of nitrogens with two attached hydrogens (primary N) is 1. The molecule has 0 saturated carbocycles. The van der Waals surface area contributed by atoms with Crippen molar-refractivity contribution < 1.29 is 0 Å². The molecule has 1 aromatic carbocycles. The first-order valence-corrected chi connectivity index (χ1v) is 7.04. The standard InChI is InChI=1S/C17H18N4/c18-17(15-6-2-1-3-7-15)16-12-20-13-21(16)10-8-14-5-4-9-19-11-14/h1-7,9,11-13,17H,8,10,18H2. The number of hydrogen-bond donors (Lipinski definition) is 1. The second kappa shape index (κ2) is 6.33. The van der Waals surface area contributed by atoms with E-state index in [1.54, 1.807) is 6.20 Å². The van der Waals surface area contributed by atoms with Gasteiger partial charge in [0.1, 0.15) is 0 Å². The van der Waals surface area contributed by atoms with Crippen LogP contribution < -0.4 is 5.73 Å². The topological polar surface area (TPSA) is 56.7 Å². The van der Waals surface area contributed by atoms with Crippen molar-refractivity contribution in [3.63, 3.8) is 0 Å². The van der Waals surface area contributed by atoms with Crippen molar-refractivity contribution in [3.8, 4) is 0 Å². The number of imidazole rings is 1. The minimum atomic E-state index is -0.150. The molecule has 0 aliphatic carbocycles. The quantitative estimate of drug-likeness (QED) is 0.780. The van der Waals surface area contributed by atoms with Crippen molar-refractivity contribution in [2.45, 2.75) is 19.0 Å². The lowest BCUT2D eigenvalue weighted by molar-refractivity contribution is 0.635. The molecule has 0 aliphatic rings. The van der Waals surface area contributed by atoms with Gasteiger partial charge in [0.15, 0.2) is 0 Å². The third kappa shape index (κ3) is 3.17. The summed E-state index contributed by atoms with van der Waals surface area (Å²) in [5, 5.41) is 0. The van der Waals surface area contributed by atoms with Crippen LogP contribution in [0.2, 0.25) is 0 Å². The van der Waals surface area contributed by atoms with Gasteiger partial charge in [0, 0.05) is 18.9 Å². The lowest BCUT2D eigenvalue weighted by Gasteiger charge is -2.15. The van der Waals surface area contributed by atoms with E-state index in [-0.39, 0.29) is 6.04 Å². The zero-order valence-corrected chi connectivity index (χ0v) is 11.8. The molecule has 0 fully saturated rings. The smallest absolute Gasteiger partial charge is 0.0948 e. The molecule has 0 spiro atoms. The van der Waals surface area contributed by atoms with Gasteiger partial charge in [-0.3, -0.25) is 4.98 Å². The van der Waals surface area contributed by atoms with Crippen LogP contribution in [0.15, 0.2) is 67.4 Å². The fourth-order valence-corrected chi connectivity index (χ4v) is 2.40. The summed E-state index contributed by atoms with van der Waals surface area (Å²) in [6.07, 6.45) is 8.29. The zero-order valence-electron chi connectivity index (χ0n) is 11.8. The van der Waals surface area contributed by atoms with Crippen LogP contribution in [0, 0.1) is 0 Å². The number of aromatic nitrogens is 3. The molecule has 3 rings (SSSR count). The average Bonchev–Trinajstić information content (AvgIpc) is 3.02. The number of benzene rings is 1. The predicted molar refractivity (Wildman–Crippen MR) is 82.6 cm³/mol. The van der Waals surface area contributed by atoms with E-state index in [0.29, 0.717) is 0 Å². The van der Waals surface area contributed by atoms with Gasteiger partial charge in [-0.15, -0.1) is 0 Å². The Labute approximate surface area is 124 Å². The Hall–Kier alpha value is -2.46. The van der Waals surface area contributed by atoms with E-state index in [2.05, 4.69) is 20.6 Å². The van der Waals surface area contributed by atoms with Crippen LogP contribution >= 0.6 is 0 Å². The van der Waals surface area contributed by atoms with E-state index in [0.717, 1.165) is 24.2 Å². The molecule has 2 heterocycles. The molecule has 4 nitrogen and oxygen atoms in total. The molecule has 2 N–H and O–H groups in total. The van der Waals surface area contributed by atoms with Gasteiger partial charge in [0.2, 0.25) is 0 Å².